The van der Waals surface area contributed by atoms with Crippen LogP contribution >= 0.6 is 0 Å². The summed E-state index contributed by atoms with van der Waals surface area (Å²) in [7, 11) is 2.04. The highest BCUT2D eigenvalue weighted by Crippen LogP contribution is 2.34. The van der Waals surface area contributed by atoms with Gasteiger partial charge in [0.25, 0.3) is 0 Å². The lowest BCUT2D eigenvalue weighted by atomic mass is 10.2. The summed E-state index contributed by atoms with van der Waals surface area (Å²) in [5.41, 5.74) is 1.56. The second-order valence-electron chi connectivity index (χ2n) is 8.26. The molecule has 0 atom stereocenters. The van der Waals surface area contributed by atoms with E-state index in [1.165, 1.54) is 6.07 Å². The molecule has 3 aromatic heterocycles. The largest absolute Gasteiger partial charge is 0.433 e. The number of aryl methyl sites for hydroxylation is 1. The van der Waals surface area contributed by atoms with E-state index >= 15 is 4.39 Å². The predicted octanol–water partition coefficient (Wildman–Crippen LogP) is 3.05. The fourth-order valence-electron chi connectivity index (χ4n) is 3.86. The van der Waals surface area contributed by atoms with Gasteiger partial charge in [0.1, 0.15) is 5.82 Å². The van der Waals surface area contributed by atoms with E-state index in [1.807, 2.05) is 7.05 Å². The van der Waals surface area contributed by atoms with Crippen molar-refractivity contribution in [3.63, 3.8) is 0 Å². The summed E-state index contributed by atoms with van der Waals surface area (Å²) in [5, 5.41) is 19.2. The van der Waals surface area contributed by atoms with Crippen LogP contribution in [0.25, 0.3) is 10.9 Å². The fourth-order valence-corrected chi connectivity index (χ4v) is 3.86. The smallest absolute Gasteiger partial charge is 0.233 e. The van der Waals surface area contributed by atoms with Crippen molar-refractivity contribution in [3.05, 3.63) is 47.3 Å². The molecule has 0 aliphatic carbocycles. The van der Waals surface area contributed by atoms with Gasteiger partial charge in [-0.15, -0.1) is 0 Å². The Morgan fingerprint density at radius 1 is 1.12 bits per heavy atom. The van der Waals surface area contributed by atoms with E-state index < -0.39 is 17.4 Å². The third-order valence-electron chi connectivity index (χ3n) is 5.67. The molecule has 1 saturated heterocycles. The number of aromatic nitrogens is 5. The molecule has 178 valence electrons. The predicted molar refractivity (Wildman–Crippen MR) is 123 cm³/mol. The van der Waals surface area contributed by atoms with E-state index in [1.54, 1.807) is 25.1 Å². The summed E-state index contributed by atoms with van der Waals surface area (Å²) in [6.07, 6.45) is 0. The number of nitrogens with one attached hydrogen (secondary N) is 3. The molecule has 0 amide bonds. The molecule has 10 nitrogen and oxygen atoms in total. The summed E-state index contributed by atoms with van der Waals surface area (Å²) in [4.78, 5) is 16.0. The van der Waals surface area contributed by atoms with Crippen LogP contribution in [0, 0.1) is 18.6 Å². The average molecular weight is 470 g/mol. The molecular weight excluding hydrogens is 446 g/mol. The molecule has 4 heterocycles. The van der Waals surface area contributed by atoms with Crippen LogP contribution in [0.3, 0.4) is 0 Å². The van der Waals surface area contributed by atoms with Crippen LogP contribution in [0.4, 0.5) is 26.4 Å². The van der Waals surface area contributed by atoms with Gasteiger partial charge in [0.15, 0.2) is 17.5 Å². The number of aliphatic hydroxyl groups excluding tert-OH is 1. The first kappa shape index (κ1) is 22.0. The molecule has 1 fully saturated rings. The van der Waals surface area contributed by atoms with Gasteiger partial charge in [-0.2, -0.15) is 15.1 Å². The number of nitrogens with zero attached hydrogens (tertiary/aromatic N) is 5. The van der Waals surface area contributed by atoms with E-state index in [0.717, 1.165) is 26.2 Å². The first-order valence-corrected chi connectivity index (χ1v) is 10.8. The molecule has 34 heavy (non-hydrogen) atoms. The molecule has 1 aliphatic heterocycles. The summed E-state index contributed by atoms with van der Waals surface area (Å²) in [6.45, 7) is 4.69. The van der Waals surface area contributed by atoms with Gasteiger partial charge in [0.05, 0.1) is 17.8 Å². The van der Waals surface area contributed by atoms with Gasteiger partial charge in [-0.05, 0) is 20.0 Å². The molecule has 5 rings (SSSR count). The number of H-pyrrole nitrogens is 2. The zero-order chi connectivity index (χ0) is 23.8. The summed E-state index contributed by atoms with van der Waals surface area (Å²) >= 11 is 0. The number of aromatic amines is 2. The molecule has 0 bridgehead atoms. The molecule has 0 unspecified atom stereocenters. The van der Waals surface area contributed by atoms with Crippen LogP contribution < -0.4 is 15.0 Å². The average Bonchev–Trinajstić information content (AvgIpc) is 3.42. The normalized spacial score (nSPS) is 14.7. The maximum atomic E-state index is 15.1. The maximum Gasteiger partial charge on any atom is 0.233 e. The van der Waals surface area contributed by atoms with Crippen molar-refractivity contribution in [3.8, 4) is 11.6 Å². The van der Waals surface area contributed by atoms with Gasteiger partial charge >= 0.3 is 0 Å². The highest BCUT2D eigenvalue weighted by atomic mass is 19.1. The second kappa shape index (κ2) is 8.88. The van der Waals surface area contributed by atoms with Crippen molar-refractivity contribution < 1.29 is 18.6 Å². The van der Waals surface area contributed by atoms with Gasteiger partial charge in [-0.3, -0.25) is 5.10 Å². The number of piperazine rings is 1. The van der Waals surface area contributed by atoms with E-state index in [9.17, 15) is 9.50 Å². The lowest BCUT2D eigenvalue weighted by Crippen LogP contribution is -2.44. The SMILES string of the molecule is Cc1cc2c(F)c(Oc3cc(N4CCN(C)CC4)nc(Nc4cc(CO)[nH]n4)n3)c(F)cc2[nH]1. The van der Waals surface area contributed by atoms with Crippen molar-refractivity contribution in [2.75, 3.05) is 43.4 Å². The van der Waals surface area contributed by atoms with Gasteiger partial charge in [-0.25, -0.2) is 8.78 Å². The van der Waals surface area contributed by atoms with Crippen molar-refractivity contribution in [1.82, 2.24) is 30.0 Å². The first-order valence-electron chi connectivity index (χ1n) is 10.8. The van der Waals surface area contributed by atoms with Crippen LogP contribution in [0.2, 0.25) is 0 Å². The number of rotatable bonds is 6. The zero-order valence-electron chi connectivity index (χ0n) is 18.7. The van der Waals surface area contributed by atoms with E-state index in [0.29, 0.717) is 28.5 Å². The molecule has 12 heteroatoms. The van der Waals surface area contributed by atoms with Gasteiger partial charge in [0.2, 0.25) is 17.6 Å². The van der Waals surface area contributed by atoms with E-state index in [4.69, 9.17) is 4.74 Å². The summed E-state index contributed by atoms with van der Waals surface area (Å²) in [6, 6.07) is 5.96. The topological polar surface area (TPSA) is 118 Å². The Morgan fingerprint density at radius 3 is 2.65 bits per heavy atom. The molecule has 4 N–H and O–H groups in total. The molecule has 0 saturated carbocycles. The Balaban J connectivity index is 1.51. The molecule has 4 aromatic rings. The Labute approximate surface area is 193 Å². The number of fused-ring (bicyclic) bond motifs is 1. The highest BCUT2D eigenvalue weighted by Gasteiger charge is 2.21. The minimum Gasteiger partial charge on any atom is -0.433 e. The van der Waals surface area contributed by atoms with Crippen molar-refractivity contribution in [1.29, 1.82) is 0 Å². The molecule has 1 aromatic carbocycles. The summed E-state index contributed by atoms with van der Waals surface area (Å²) < 4.78 is 35.5. The first-order chi connectivity index (χ1) is 16.4. The maximum absolute atomic E-state index is 15.1. The van der Waals surface area contributed by atoms with Crippen molar-refractivity contribution in [2.24, 2.45) is 0 Å². The number of ether oxygens (including phenoxy) is 1. The van der Waals surface area contributed by atoms with Gasteiger partial charge in [0, 0.05) is 55.5 Å². The standard InChI is InChI=1S/C22H24F2N8O2/c1-12-7-14-16(25-12)9-15(23)21(20(14)24)34-19-10-18(32-5-3-31(2)4-6-32)27-22(28-19)26-17-8-13(11-33)29-30-17/h7-10,25,33H,3-6,11H2,1-2H3,(H2,26,27,28,29,30). The van der Waals surface area contributed by atoms with Crippen LogP contribution in [0.5, 0.6) is 11.6 Å². The van der Waals surface area contributed by atoms with Crippen LogP contribution in [0.15, 0.2) is 24.3 Å². The minimum absolute atomic E-state index is 0.0197. The Kier molecular flexibility index (Phi) is 5.75. The number of benzene rings is 1. The quantitative estimate of drug-likeness (QED) is 0.340. The number of hydrogen-bond acceptors (Lipinski definition) is 8. The Morgan fingerprint density at radius 2 is 1.91 bits per heavy atom. The monoisotopic (exact) mass is 470 g/mol. The number of aliphatic hydroxyl groups is 1. The van der Waals surface area contributed by atoms with Crippen molar-refractivity contribution >= 4 is 28.5 Å². The van der Waals surface area contributed by atoms with E-state index in [2.05, 4.69) is 40.3 Å². The number of likely N-dealkylation sites (N-methyl/N-ethyl adjacent to an activating group) is 1. The van der Waals surface area contributed by atoms with Crippen LogP contribution in [-0.2, 0) is 6.61 Å². The van der Waals surface area contributed by atoms with E-state index in [-0.39, 0.29) is 23.8 Å². The lowest BCUT2D eigenvalue weighted by molar-refractivity contribution is 0.276. The third kappa shape index (κ3) is 4.37. The number of anilines is 3. The van der Waals surface area contributed by atoms with Gasteiger partial charge < -0.3 is 29.9 Å². The number of halogens is 2. The molecule has 0 radical (unpaired) electrons. The third-order valence-corrected chi connectivity index (χ3v) is 5.67. The molecule has 0 spiro atoms. The highest BCUT2D eigenvalue weighted by molar-refractivity contribution is 5.83. The van der Waals surface area contributed by atoms with Crippen LogP contribution in [-0.4, -0.2) is 68.4 Å². The second-order valence-corrected chi connectivity index (χ2v) is 8.26. The molecular formula is C22H24F2N8O2. The molecule has 1 aliphatic rings. The lowest BCUT2D eigenvalue weighted by Gasteiger charge is -2.33. The summed E-state index contributed by atoms with van der Waals surface area (Å²) in [5.74, 6) is -1.14. The number of hydrogen-bond donors (Lipinski definition) is 4. The Hall–Kier alpha value is -3.77. The Bertz CT molecular complexity index is 1330. The van der Waals surface area contributed by atoms with Gasteiger partial charge in [-0.1, -0.05) is 0 Å². The fraction of sp³-hybridized carbons (Fsp3) is 0.318. The zero-order valence-corrected chi connectivity index (χ0v) is 18.7. The minimum atomic E-state index is -0.846. The van der Waals surface area contributed by atoms with Crippen LogP contribution in [0.1, 0.15) is 11.4 Å². The van der Waals surface area contributed by atoms with Crippen molar-refractivity contribution in [2.45, 2.75) is 13.5 Å².